The second-order valence-electron chi connectivity index (χ2n) is 3.16. The van der Waals surface area contributed by atoms with Crippen LogP contribution in [0.5, 0.6) is 0 Å². The third kappa shape index (κ3) is 4.20. The van der Waals surface area contributed by atoms with Gasteiger partial charge in [-0.1, -0.05) is 27.8 Å². The normalized spacial score (nSPS) is 9.35. The number of benzene rings is 1. The van der Waals surface area contributed by atoms with Crippen molar-refractivity contribution in [3.8, 4) is 11.8 Å². The predicted octanol–water partition coefficient (Wildman–Crippen LogP) is 3.14. The number of ether oxygens (including phenoxy) is 1. The molecule has 0 fully saturated rings. The molecule has 1 rings (SSSR count). The standard InChI is InChI=1S/C13H12BrFO2/c1-2-17-13(16)11-9-10(5-3-4-8-14)6-7-12(11)15/h6-7,9H,2,4,8H2,1H3. The number of hydrogen-bond acceptors (Lipinski definition) is 2. The van der Waals surface area contributed by atoms with Crippen LogP contribution in [0.1, 0.15) is 29.3 Å². The Hall–Kier alpha value is -1.34. The van der Waals surface area contributed by atoms with Crippen molar-refractivity contribution in [2.45, 2.75) is 13.3 Å². The number of hydrogen-bond donors (Lipinski definition) is 0. The molecule has 0 aliphatic heterocycles. The zero-order valence-corrected chi connectivity index (χ0v) is 11.0. The predicted molar refractivity (Wildman–Crippen MR) is 67.6 cm³/mol. The third-order valence-electron chi connectivity index (χ3n) is 1.91. The van der Waals surface area contributed by atoms with E-state index in [2.05, 4.69) is 27.8 Å². The van der Waals surface area contributed by atoms with Gasteiger partial charge in [0.05, 0.1) is 12.2 Å². The maximum absolute atomic E-state index is 13.4. The highest BCUT2D eigenvalue weighted by Crippen LogP contribution is 2.11. The van der Waals surface area contributed by atoms with Gasteiger partial charge in [0, 0.05) is 17.3 Å². The molecular formula is C13H12BrFO2. The Morgan fingerprint density at radius 1 is 1.53 bits per heavy atom. The molecule has 0 heterocycles. The fourth-order valence-electron chi connectivity index (χ4n) is 1.18. The molecule has 0 atom stereocenters. The van der Waals surface area contributed by atoms with Crippen LogP contribution in [0.15, 0.2) is 18.2 Å². The van der Waals surface area contributed by atoms with Crippen LogP contribution in [0.2, 0.25) is 0 Å². The van der Waals surface area contributed by atoms with Gasteiger partial charge in [0.1, 0.15) is 5.82 Å². The molecule has 0 aliphatic carbocycles. The van der Waals surface area contributed by atoms with Crippen molar-refractivity contribution in [2.75, 3.05) is 11.9 Å². The molecule has 1 aromatic carbocycles. The molecule has 0 saturated heterocycles. The first-order chi connectivity index (χ1) is 8.19. The van der Waals surface area contributed by atoms with E-state index in [0.717, 1.165) is 5.33 Å². The van der Waals surface area contributed by atoms with Gasteiger partial charge < -0.3 is 4.74 Å². The number of carbonyl (C=O) groups is 1. The van der Waals surface area contributed by atoms with E-state index in [1.165, 1.54) is 12.1 Å². The van der Waals surface area contributed by atoms with Crippen molar-refractivity contribution in [2.24, 2.45) is 0 Å². The van der Waals surface area contributed by atoms with Crippen LogP contribution in [0.25, 0.3) is 0 Å². The van der Waals surface area contributed by atoms with Gasteiger partial charge in [0.2, 0.25) is 0 Å². The lowest BCUT2D eigenvalue weighted by atomic mass is 10.1. The Bertz CT molecular complexity index is 460. The average Bonchev–Trinajstić information content (AvgIpc) is 2.32. The molecule has 0 aliphatic rings. The molecular weight excluding hydrogens is 287 g/mol. The summed E-state index contributed by atoms with van der Waals surface area (Å²) in [6.45, 7) is 1.90. The SMILES string of the molecule is CCOC(=O)c1cc(C#CCCBr)ccc1F. The Morgan fingerprint density at radius 3 is 2.94 bits per heavy atom. The summed E-state index contributed by atoms with van der Waals surface area (Å²) in [7, 11) is 0. The molecule has 0 spiro atoms. The van der Waals surface area contributed by atoms with Gasteiger partial charge in [-0.05, 0) is 25.1 Å². The van der Waals surface area contributed by atoms with E-state index in [1.54, 1.807) is 13.0 Å². The zero-order valence-electron chi connectivity index (χ0n) is 9.43. The summed E-state index contributed by atoms with van der Waals surface area (Å²) >= 11 is 3.26. The van der Waals surface area contributed by atoms with Gasteiger partial charge in [-0.25, -0.2) is 9.18 Å². The summed E-state index contributed by atoms with van der Waals surface area (Å²) in [5, 5.41) is 0.784. The largest absolute Gasteiger partial charge is 0.462 e. The van der Waals surface area contributed by atoms with Crippen LogP contribution < -0.4 is 0 Å². The summed E-state index contributed by atoms with van der Waals surface area (Å²) in [6, 6.07) is 4.18. The monoisotopic (exact) mass is 298 g/mol. The fraction of sp³-hybridized carbons (Fsp3) is 0.308. The van der Waals surface area contributed by atoms with Crippen molar-refractivity contribution in [1.82, 2.24) is 0 Å². The minimum absolute atomic E-state index is 0.0718. The maximum atomic E-state index is 13.4. The number of rotatable bonds is 3. The second kappa shape index (κ2) is 7.08. The number of halogens is 2. The highest BCUT2D eigenvalue weighted by Gasteiger charge is 2.12. The fourth-order valence-corrected chi connectivity index (χ4v) is 1.38. The van der Waals surface area contributed by atoms with E-state index in [1.807, 2.05) is 0 Å². The van der Waals surface area contributed by atoms with Gasteiger partial charge in [-0.3, -0.25) is 0 Å². The van der Waals surface area contributed by atoms with Gasteiger partial charge in [0.25, 0.3) is 0 Å². The lowest BCUT2D eigenvalue weighted by Crippen LogP contribution is -2.07. The number of esters is 1. The quantitative estimate of drug-likeness (QED) is 0.487. The third-order valence-corrected chi connectivity index (χ3v) is 2.31. The Labute approximate surface area is 108 Å². The zero-order chi connectivity index (χ0) is 12.7. The molecule has 0 aromatic heterocycles. The van der Waals surface area contributed by atoms with Crippen LogP contribution >= 0.6 is 15.9 Å². The van der Waals surface area contributed by atoms with Crippen LogP contribution in [-0.2, 0) is 4.74 Å². The van der Waals surface area contributed by atoms with Crippen molar-refractivity contribution in [3.05, 3.63) is 35.1 Å². The van der Waals surface area contributed by atoms with Crippen LogP contribution in [0.4, 0.5) is 4.39 Å². The van der Waals surface area contributed by atoms with Crippen molar-refractivity contribution < 1.29 is 13.9 Å². The van der Waals surface area contributed by atoms with Crippen LogP contribution in [-0.4, -0.2) is 17.9 Å². The molecule has 0 N–H and O–H groups in total. The molecule has 2 nitrogen and oxygen atoms in total. The number of carbonyl (C=O) groups excluding carboxylic acids is 1. The highest BCUT2D eigenvalue weighted by molar-refractivity contribution is 9.09. The van der Waals surface area contributed by atoms with E-state index in [0.29, 0.717) is 12.0 Å². The van der Waals surface area contributed by atoms with Crippen molar-refractivity contribution >= 4 is 21.9 Å². The topological polar surface area (TPSA) is 26.3 Å². The Kier molecular flexibility index (Phi) is 5.71. The van der Waals surface area contributed by atoms with Gasteiger partial charge in [0.15, 0.2) is 0 Å². The summed E-state index contributed by atoms with van der Waals surface area (Å²) in [6.07, 6.45) is 0.701. The molecule has 4 heteroatoms. The van der Waals surface area contributed by atoms with E-state index in [4.69, 9.17) is 4.74 Å². The lowest BCUT2D eigenvalue weighted by Gasteiger charge is -2.03. The average molecular weight is 299 g/mol. The first kappa shape index (κ1) is 13.7. The van der Waals surface area contributed by atoms with Gasteiger partial charge in [-0.2, -0.15) is 0 Å². The summed E-state index contributed by atoms with van der Waals surface area (Å²) < 4.78 is 18.1. The van der Waals surface area contributed by atoms with Crippen molar-refractivity contribution in [1.29, 1.82) is 0 Å². The smallest absolute Gasteiger partial charge is 0.341 e. The molecule has 0 radical (unpaired) electrons. The Morgan fingerprint density at radius 2 is 2.29 bits per heavy atom. The molecule has 0 unspecified atom stereocenters. The lowest BCUT2D eigenvalue weighted by molar-refractivity contribution is 0.0521. The molecule has 0 saturated carbocycles. The van der Waals surface area contributed by atoms with E-state index < -0.39 is 11.8 Å². The van der Waals surface area contributed by atoms with Gasteiger partial charge in [-0.15, -0.1) is 0 Å². The van der Waals surface area contributed by atoms with E-state index >= 15 is 0 Å². The first-order valence-corrected chi connectivity index (χ1v) is 6.32. The number of alkyl halides is 1. The van der Waals surface area contributed by atoms with E-state index in [-0.39, 0.29) is 12.2 Å². The summed E-state index contributed by atoms with van der Waals surface area (Å²) in [4.78, 5) is 11.4. The highest BCUT2D eigenvalue weighted by atomic mass is 79.9. The second-order valence-corrected chi connectivity index (χ2v) is 3.95. The molecule has 0 bridgehead atoms. The summed E-state index contributed by atoms with van der Waals surface area (Å²) in [5.41, 5.74) is 0.535. The molecule has 0 amide bonds. The van der Waals surface area contributed by atoms with Gasteiger partial charge >= 0.3 is 5.97 Å². The Balaban J connectivity index is 2.95. The van der Waals surface area contributed by atoms with E-state index in [9.17, 15) is 9.18 Å². The van der Waals surface area contributed by atoms with Crippen LogP contribution in [0, 0.1) is 17.7 Å². The van der Waals surface area contributed by atoms with Crippen molar-refractivity contribution in [3.63, 3.8) is 0 Å². The molecule has 1 aromatic rings. The molecule has 90 valence electrons. The van der Waals surface area contributed by atoms with Crippen LogP contribution in [0.3, 0.4) is 0 Å². The first-order valence-electron chi connectivity index (χ1n) is 5.20. The molecule has 17 heavy (non-hydrogen) atoms. The summed E-state index contributed by atoms with van der Waals surface area (Å²) in [5.74, 6) is 4.51. The minimum atomic E-state index is -0.658. The maximum Gasteiger partial charge on any atom is 0.341 e. The minimum Gasteiger partial charge on any atom is -0.462 e.